The third-order valence-corrected chi connectivity index (χ3v) is 3.51. The van der Waals surface area contributed by atoms with Crippen LogP contribution >= 0.6 is 11.6 Å². The van der Waals surface area contributed by atoms with Crippen LogP contribution in [-0.2, 0) is 7.05 Å². The molecule has 2 rings (SSSR count). The summed E-state index contributed by atoms with van der Waals surface area (Å²) in [6, 6.07) is 1.70. The fourth-order valence-electron chi connectivity index (χ4n) is 2.33. The number of hydrogen-bond acceptors (Lipinski definition) is 2. The fraction of sp³-hybridized carbons (Fsp3) is 0.583. The molecule has 0 bridgehead atoms. The van der Waals surface area contributed by atoms with Gasteiger partial charge in [0.1, 0.15) is 5.69 Å². The predicted octanol–water partition coefficient (Wildman–Crippen LogP) is 1.52. The minimum absolute atomic E-state index is 0.0276. The van der Waals surface area contributed by atoms with Gasteiger partial charge in [0.05, 0.1) is 5.02 Å². The second-order valence-corrected chi connectivity index (χ2v) is 5.01. The molecule has 2 heterocycles. The van der Waals surface area contributed by atoms with Crippen molar-refractivity contribution in [1.82, 2.24) is 9.47 Å². The van der Waals surface area contributed by atoms with Gasteiger partial charge in [-0.3, -0.25) is 4.79 Å². The van der Waals surface area contributed by atoms with Gasteiger partial charge in [0, 0.05) is 32.9 Å². The molecule has 0 saturated carbocycles. The number of carbonyl (C=O) groups excluding carboxylic acids is 1. The average molecular weight is 257 g/mol. The van der Waals surface area contributed by atoms with Gasteiger partial charge in [0.25, 0.3) is 5.91 Å². The normalized spacial score (nSPS) is 19.9. The number of aliphatic hydroxyl groups is 1. The van der Waals surface area contributed by atoms with Gasteiger partial charge >= 0.3 is 0 Å². The van der Waals surface area contributed by atoms with E-state index >= 15 is 0 Å². The van der Waals surface area contributed by atoms with Crippen LogP contribution in [0.25, 0.3) is 0 Å². The fourth-order valence-corrected chi connectivity index (χ4v) is 2.58. The SMILES string of the molecule is Cn1cc(Cl)cc1C(=O)N1CCC(CCO)C1. The van der Waals surface area contributed by atoms with E-state index in [0.29, 0.717) is 16.6 Å². The summed E-state index contributed by atoms with van der Waals surface area (Å²) < 4.78 is 1.75. The maximum absolute atomic E-state index is 12.2. The molecule has 1 N–H and O–H groups in total. The minimum atomic E-state index is 0.0276. The Hall–Kier alpha value is -1.00. The molecule has 94 valence electrons. The molecular weight excluding hydrogens is 240 g/mol. The van der Waals surface area contributed by atoms with Gasteiger partial charge in [-0.25, -0.2) is 0 Å². The first-order valence-electron chi connectivity index (χ1n) is 5.84. The zero-order valence-electron chi connectivity index (χ0n) is 9.90. The van der Waals surface area contributed by atoms with E-state index in [1.54, 1.807) is 16.8 Å². The number of nitrogens with zero attached hydrogens (tertiary/aromatic N) is 2. The predicted molar refractivity (Wildman–Crippen MR) is 66.1 cm³/mol. The molecule has 5 heteroatoms. The molecule has 0 spiro atoms. The molecule has 4 nitrogen and oxygen atoms in total. The summed E-state index contributed by atoms with van der Waals surface area (Å²) in [7, 11) is 1.82. The smallest absolute Gasteiger partial charge is 0.270 e. The van der Waals surface area contributed by atoms with Crippen molar-refractivity contribution in [3.63, 3.8) is 0 Å². The molecule has 1 aliphatic rings. The monoisotopic (exact) mass is 256 g/mol. The molecule has 17 heavy (non-hydrogen) atoms. The van der Waals surface area contributed by atoms with Crippen LogP contribution in [0.15, 0.2) is 12.3 Å². The van der Waals surface area contributed by atoms with E-state index in [9.17, 15) is 4.79 Å². The molecule has 1 amide bonds. The average Bonchev–Trinajstić information content (AvgIpc) is 2.85. The van der Waals surface area contributed by atoms with Crippen LogP contribution in [0.1, 0.15) is 23.3 Å². The van der Waals surface area contributed by atoms with Crippen molar-refractivity contribution in [3.8, 4) is 0 Å². The third kappa shape index (κ3) is 2.64. The Morgan fingerprint density at radius 2 is 2.41 bits per heavy atom. The van der Waals surface area contributed by atoms with Crippen LogP contribution in [0.2, 0.25) is 5.02 Å². The standard InChI is InChI=1S/C12H17ClN2O2/c1-14-8-10(13)6-11(14)12(17)15-4-2-9(7-15)3-5-16/h6,8-9,16H,2-5,7H2,1H3. The molecule has 0 aliphatic carbocycles. The highest BCUT2D eigenvalue weighted by atomic mass is 35.5. The minimum Gasteiger partial charge on any atom is -0.396 e. The summed E-state index contributed by atoms with van der Waals surface area (Å²) in [4.78, 5) is 14.1. The number of aryl methyl sites for hydroxylation is 1. The van der Waals surface area contributed by atoms with Crippen molar-refractivity contribution < 1.29 is 9.90 Å². The van der Waals surface area contributed by atoms with E-state index in [-0.39, 0.29) is 12.5 Å². The first kappa shape index (κ1) is 12.5. The second-order valence-electron chi connectivity index (χ2n) is 4.57. The lowest BCUT2D eigenvalue weighted by Gasteiger charge is -2.16. The van der Waals surface area contributed by atoms with E-state index in [1.165, 1.54) is 0 Å². The Morgan fingerprint density at radius 3 is 3.00 bits per heavy atom. The summed E-state index contributed by atoms with van der Waals surface area (Å²) in [5.41, 5.74) is 0.625. The lowest BCUT2D eigenvalue weighted by molar-refractivity contribution is 0.0775. The molecule has 1 aliphatic heterocycles. The van der Waals surface area contributed by atoms with Gasteiger partial charge in [-0.2, -0.15) is 0 Å². The van der Waals surface area contributed by atoms with E-state index in [2.05, 4.69) is 0 Å². The zero-order chi connectivity index (χ0) is 12.4. The van der Waals surface area contributed by atoms with Crippen molar-refractivity contribution in [1.29, 1.82) is 0 Å². The number of hydrogen-bond donors (Lipinski definition) is 1. The van der Waals surface area contributed by atoms with E-state index in [1.807, 2.05) is 11.9 Å². The summed E-state index contributed by atoms with van der Waals surface area (Å²) in [5.74, 6) is 0.458. The Labute approximate surface area is 106 Å². The summed E-state index contributed by atoms with van der Waals surface area (Å²) in [6.07, 6.45) is 3.48. The van der Waals surface area contributed by atoms with E-state index in [4.69, 9.17) is 16.7 Å². The van der Waals surface area contributed by atoms with Gasteiger partial charge in [0.2, 0.25) is 0 Å². The molecule has 0 aromatic carbocycles. The Balaban J connectivity index is 2.04. The Bertz CT molecular complexity index is 417. The Kier molecular flexibility index (Phi) is 3.74. The van der Waals surface area contributed by atoms with Crippen LogP contribution in [0.4, 0.5) is 0 Å². The maximum Gasteiger partial charge on any atom is 0.270 e. The zero-order valence-corrected chi connectivity index (χ0v) is 10.7. The highest BCUT2D eigenvalue weighted by Gasteiger charge is 2.27. The van der Waals surface area contributed by atoms with Crippen LogP contribution < -0.4 is 0 Å². The highest BCUT2D eigenvalue weighted by molar-refractivity contribution is 6.31. The van der Waals surface area contributed by atoms with Gasteiger partial charge in [-0.15, -0.1) is 0 Å². The van der Waals surface area contributed by atoms with Gasteiger partial charge in [-0.1, -0.05) is 11.6 Å². The number of aromatic nitrogens is 1. The van der Waals surface area contributed by atoms with Crippen LogP contribution in [0.5, 0.6) is 0 Å². The topological polar surface area (TPSA) is 45.5 Å². The lowest BCUT2D eigenvalue weighted by atomic mass is 10.1. The number of rotatable bonds is 3. The quantitative estimate of drug-likeness (QED) is 0.891. The van der Waals surface area contributed by atoms with Crippen molar-refractivity contribution in [2.75, 3.05) is 19.7 Å². The molecular formula is C12H17ClN2O2. The second kappa shape index (κ2) is 5.10. The van der Waals surface area contributed by atoms with Gasteiger partial charge in [0.15, 0.2) is 0 Å². The van der Waals surface area contributed by atoms with Gasteiger partial charge in [-0.05, 0) is 24.8 Å². The molecule has 1 atom stereocenters. The first-order valence-corrected chi connectivity index (χ1v) is 6.21. The first-order chi connectivity index (χ1) is 8.11. The molecule has 1 saturated heterocycles. The number of halogens is 1. The lowest BCUT2D eigenvalue weighted by Crippen LogP contribution is -2.30. The number of aliphatic hydroxyl groups excluding tert-OH is 1. The number of carbonyl (C=O) groups is 1. The van der Waals surface area contributed by atoms with Crippen molar-refractivity contribution in [2.45, 2.75) is 12.8 Å². The number of amides is 1. The van der Waals surface area contributed by atoms with E-state index in [0.717, 1.165) is 25.9 Å². The highest BCUT2D eigenvalue weighted by Crippen LogP contribution is 2.22. The molecule has 1 fully saturated rings. The van der Waals surface area contributed by atoms with Gasteiger partial charge < -0.3 is 14.6 Å². The molecule has 0 radical (unpaired) electrons. The van der Waals surface area contributed by atoms with Crippen LogP contribution in [0.3, 0.4) is 0 Å². The molecule has 1 unspecified atom stereocenters. The Morgan fingerprint density at radius 1 is 1.65 bits per heavy atom. The molecule has 1 aromatic rings. The summed E-state index contributed by atoms with van der Waals surface area (Å²) in [6.45, 7) is 1.71. The van der Waals surface area contributed by atoms with Crippen molar-refractivity contribution >= 4 is 17.5 Å². The van der Waals surface area contributed by atoms with E-state index < -0.39 is 0 Å². The van der Waals surface area contributed by atoms with Crippen molar-refractivity contribution in [2.24, 2.45) is 13.0 Å². The van der Waals surface area contributed by atoms with Crippen molar-refractivity contribution in [3.05, 3.63) is 23.0 Å². The largest absolute Gasteiger partial charge is 0.396 e. The van der Waals surface area contributed by atoms with Crippen LogP contribution in [0, 0.1) is 5.92 Å². The van der Waals surface area contributed by atoms with Crippen LogP contribution in [-0.4, -0.2) is 40.2 Å². The summed E-state index contributed by atoms with van der Waals surface area (Å²) >= 11 is 5.87. The molecule has 1 aromatic heterocycles. The number of likely N-dealkylation sites (tertiary alicyclic amines) is 1. The summed E-state index contributed by atoms with van der Waals surface area (Å²) in [5, 5.41) is 9.48. The third-order valence-electron chi connectivity index (χ3n) is 3.30. The maximum atomic E-state index is 12.2.